The predicted octanol–water partition coefficient (Wildman–Crippen LogP) is 5.87. The Morgan fingerprint density at radius 3 is 3.03 bits per heavy atom. The first-order valence-electron chi connectivity index (χ1n) is 12.8. The molecule has 3 aliphatic rings. The van der Waals surface area contributed by atoms with Crippen LogP contribution in [0.4, 0.5) is 0 Å². The van der Waals surface area contributed by atoms with Crippen molar-refractivity contribution in [1.82, 2.24) is 9.55 Å². The number of furan rings is 1. The number of rotatable bonds is 4. The Bertz CT molecular complexity index is 1480. The summed E-state index contributed by atoms with van der Waals surface area (Å²) in [5, 5.41) is 0.886. The van der Waals surface area contributed by atoms with E-state index >= 15 is 0 Å². The van der Waals surface area contributed by atoms with E-state index in [1.807, 2.05) is 12.1 Å². The van der Waals surface area contributed by atoms with Crippen LogP contribution < -0.4 is 10.3 Å². The molecule has 0 spiro atoms. The van der Waals surface area contributed by atoms with Gasteiger partial charge < -0.3 is 9.15 Å². The van der Waals surface area contributed by atoms with Gasteiger partial charge >= 0.3 is 0 Å². The quantitative estimate of drug-likeness (QED) is 0.362. The Hall–Kier alpha value is -2.86. The van der Waals surface area contributed by atoms with Crippen LogP contribution in [0.1, 0.15) is 59.4 Å². The molecule has 0 saturated heterocycles. The summed E-state index contributed by atoms with van der Waals surface area (Å²) < 4.78 is 12.8. The lowest BCUT2D eigenvalue weighted by Crippen LogP contribution is -2.43. The van der Waals surface area contributed by atoms with Gasteiger partial charge in [-0.25, -0.2) is 4.98 Å². The van der Waals surface area contributed by atoms with E-state index in [4.69, 9.17) is 14.1 Å². The minimum Gasteiger partial charge on any atom is -0.497 e. The SMILES string of the molecule is COc1ccc2c(c1)CC[C@@H]1[C@@H]2CC[C@@]2(C)c3c(sc4ncn(CCc5ccco5)c(=O)c34)C[C@@H]12. The molecule has 1 fully saturated rings. The topological polar surface area (TPSA) is 57.3 Å². The van der Waals surface area contributed by atoms with Gasteiger partial charge in [0.2, 0.25) is 0 Å². The first kappa shape index (κ1) is 21.4. The third-order valence-electron chi connectivity index (χ3n) is 9.23. The maximum absolute atomic E-state index is 13.7. The van der Waals surface area contributed by atoms with Crippen LogP contribution in [0.2, 0.25) is 0 Å². The summed E-state index contributed by atoms with van der Waals surface area (Å²) >= 11 is 1.76. The minimum absolute atomic E-state index is 0.0553. The second-order valence-electron chi connectivity index (χ2n) is 10.8. The van der Waals surface area contributed by atoms with Gasteiger partial charge in [0, 0.05) is 17.8 Å². The fourth-order valence-corrected chi connectivity index (χ4v) is 8.88. The minimum atomic E-state index is 0.0553. The third-order valence-corrected chi connectivity index (χ3v) is 10.4. The largest absolute Gasteiger partial charge is 0.497 e. The van der Waals surface area contributed by atoms with Gasteiger partial charge in [0.25, 0.3) is 5.56 Å². The van der Waals surface area contributed by atoms with Gasteiger partial charge in [0.1, 0.15) is 16.3 Å². The number of hydrogen-bond donors (Lipinski definition) is 0. The number of ether oxygens (including phenoxy) is 1. The van der Waals surface area contributed by atoms with E-state index in [0.717, 1.165) is 41.0 Å². The molecular weight excluding hydrogens is 456 g/mol. The number of fused-ring (bicyclic) bond motifs is 9. The van der Waals surface area contributed by atoms with Crippen LogP contribution in [0.15, 0.2) is 52.1 Å². The molecule has 3 heterocycles. The summed E-state index contributed by atoms with van der Waals surface area (Å²) in [6.07, 6.45) is 9.85. The molecule has 5 nitrogen and oxygen atoms in total. The maximum atomic E-state index is 13.7. The van der Waals surface area contributed by atoms with E-state index in [9.17, 15) is 4.79 Å². The van der Waals surface area contributed by atoms with Gasteiger partial charge in [-0.05, 0) is 96.2 Å². The van der Waals surface area contributed by atoms with Gasteiger partial charge in [-0.3, -0.25) is 9.36 Å². The molecule has 0 radical (unpaired) electrons. The molecule has 180 valence electrons. The van der Waals surface area contributed by atoms with E-state index in [1.165, 1.54) is 34.4 Å². The number of aryl methyl sites for hydroxylation is 3. The summed E-state index contributed by atoms with van der Waals surface area (Å²) in [4.78, 5) is 20.8. The highest BCUT2D eigenvalue weighted by molar-refractivity contribution is 7.18. The van der Waals surface area contributed by atoms with Gasteiger partial charge in [0.05, 0.1) is 25.1 Å². The second-order valence-corrected chi connectivity index (χ2v) is 11.9. The third kappa shape index (κ3) is 3.11. The molecule has 3 aromatic heterocycles. The monoisotopic (exact) mass is 486 g/mol. The summed E-state index contributed by atoms with van der Waals surface area (Å²) in [6, 6.07) is 10.5. The average Bonchev–Trinajstić information content (AvgIpc) is 3.58. The Labute approximate surface area is 208 Å². The molecule has 4 atom stereocenters. The highest BCUT2D eigenvalue weighted by atomic mass is 32.1. The summed E-state index contributed by atoms with van der Waals surface area (Å²) in [6.45, 7) is 3.03. The Kier molecular flexibility index (Phi) is 4.79. The van der Waals surface area contributed by atoms with Gasteiger partial charge in [0.15, 0.2) is 0 Å². The van der Waals surface area contributed by atoms with Crippen molar-refractivity contribution in [2.45, 2.75) is 63.3 Å². The number of aromatic nitrogens is 2. The lowest BCUT2D eigenvalue weighted by atomic mass is 9.55. The van der Waals surface area contributed by atoms with Crippen molar-refractivity contribution in [3.63, 3.8) is 0 Å². The molecular formula is C29H30N2O3S. The molecule has 0 aliphatic heterocycles. The first-order valence-corrected chi connectivity index (χ1v) is 13.6. The Balaban J connectivity index is 1.25. The normalized spacial score (nSPS) is 26.7. The van der Waals surface area contributed by atoms with Crippen LogP contribution in [-0.2, 0) is 31.2 Å². The van der Waals surface area contributed by atoms with E-state index in [-0.39, 0.29) is 11.0 Å². The zero-order chi connectivity index (χ0) is 23.7. The van der Waals surface area contributed by atoms with Crippen molar-refractivity contribution >= 4 is 21.6 Å². The summed E-state index contributed by atoms with van der Waals surface area (Å²) in [7, 11) is 1.75. The molecule has 6 heteroatoms. The summed E-state index contributed by atoms with van der Waals surface area (Å²) in [5.74, 6) is 3.74. The zero-order valence-electron chi connectivity index (χ0n) is 20.3. The lowest BCUT2D eigenvalue weighted by Gasteiger charge is -2.49. The van der Waals surface area contributed by atoms with E-state index in [0.29, 0.717) is 30.7 Å². The molecule has 0 unspecified atom stereocenters. The molecule has 7 rings (SSSR count). The number of hydrogen-bond acceptors (Lipinski definition) is 5. The fourth-order valence-electron chi connectivity index (χ4n) is 7.56. The molecule has 35 heavy (non-hydrogen) atoms. The van der Waals surface area contributed by atoms with Crippen molar-refractivity contribution in [2.24, 2.45) is 11.8 Å². The van der Waals surface area contributed by atoms with Crippen LogP contribution in [-0.4, -0.2) is 16.7 Å². The van der Waals surface area contributed by atoms with Crippen molar-refractivity contribution < 1.29 is 9.15 Å². The van der Waals surface area contributed by atoms with Crippen LogP contribution in [0.5, 0.6) is 5.75 Å². The molecule has 0 N–H and O–H groups in total. The van der Waals surface area contributed by atoms with Crippen LogP contribution in [0.3, 0.4) is 0 Å². The molecule has 3 aliphatic carbocycles. The Morgan fingerprint density at radius 1 is 1.29 bits per heavy atom. The Morgan fingerprint density at radius 2 is 2.20 bits per heavy atom. The van der Waals surface area contributed by atoms with Crippen molar-refractivity contribution in [1.29, 1.82) is 0 Å². The number of thiophene rings is 1. The van der Waals surface area contributed by atoms with Crippen molar-refractivity contribution in [3.05, 3.63) is 80.6 Å². The summed E-state index contributed by atoms with van der Waals surface area (Å²) in [5.41, 5.74) is 4.50. The van der Waals surface area contributed by atoms with E-state index < -0.39 is 0 Å². The fraction of sp³-hybridized carbons (Fsp3) is 0.448. The van der Waals surface area contributed by atoms with Crippen molar-refractivity contribution in [3.8, 4) is 5.75 Å². The number of benzene rings is 1. The van der Waals surface area contributed by atoms with Gasteiger partial charge in [-0.1, -0.05) is 13.0 Å². The highest BCUT2D eigenvalue weighted by Crippen LogP contribution is 2.62. The molecule has 4 aromatic rings. The first-order chi connectivity index (χ1) is 17.1. The van der Waals surface area contributed by atoms with E-state index in [2.05, 4.69) is 25.1 Å². The van der Waals surface area contributed by atoms with E-state index in [1.54, 1.807) is 35.6 Å². The standard InChI is InChI=1S/C29H30N2O3S/c1-29-11-9-21-20-8-6-19(33-2)14-17(20)5-7-22(21)23(29)15-24-26(29)25-27(35-24)30-16-31(28(25)32)12-10-18-4-3-13-34-18/h3-4,6,8,13-14,16,21-23H,5,7,9-12,15H2,1-2H3/t21-,22-,23+,29-/m1/s1. The second kappa shape index (κ2) is 7.82. The molecule has 0 amide bonds. The smallest absolute Gasteiger partial charge is 0.262 e. The maximum Gasteiger partial charge on any atom is 0.262 e. The van der Waals surface area contributed by atoms with Gasteiger partial charge in [-0.2, -0.15) is 0 Å². The lowest BCUT2D eigenvalue weighted by molar-refractivity contribution is 0.106. The van der Waals surface area contributed by atoms with Gasteiger partial charge in [-0.15, -0.1) is 11.3 Å². The molecule has 0 bridgehead atoms. The van der Waals surface area contributed by atoms with Crippen LogP contribution in [0.25, 0.3) is 10.2 Å². The molecule has 1 aromatic carbocycles. The number of nitrogens with zero attached hydrogens (tertiary/aromatic N) is 2. The highest BCUT2D eigenvalue weighted by Gasteiger charge is 2.54. The zero-order valence-corrected chi connectivity index (χ0v) is 21.1. The predicted molar refractivity (Wildman–Crippen MR) is 138 cm³/mol. The number of methoxy groups -OCH3 is 1. The van der Waals surface area contributed by atoms with Crippen LogP contribution >= 0.6 is 11.3 Å². The van der Waals surface area contributed by atoms with Crippen LogP contribution in [0, 0.1) is 11.8 Å². The average molecular weight is 487 g/mol. The molecule has 1 saturated carbocycles. The van der Waals surface area contributed by atoms with Crippen molar-refractivity contribution in [2.75, 3.05) is 7.11 Å².